The highest BCUT2D eigenvalue weighted by atomic mass is 32.2. The number of morpholine rings is 1. The first-order valence-corrected chi connectivity index (χ1v) is 13.8. The number of ether oxygens (including phenoxy) is 4. The largest absolute Gasteiger partial charge is 0.510 e. The molecule has 214 valence electrons. The van der Waals surface area contributed by atoms with Gasteiger partial charge < -0.3 is 23.8 Å². The first-order valence-electron chi connectivity index (χ1n) is 12.8. The Bertz CT molecular complexity index is 1600. The van der Waals surface area contributed by atoms with Gasteiger partial charge in [-0.25, -0.2) is 13.6 Å². The zero-order chi connectivity index (χ0) is 28.8. The van der Waals surface area contributed by atoms with Gasteiger partial charge in [0, 0.05) is 35.0 Å². The van der Waals surface area contributed by atoms with Crippen LogP contribution in [0.2, 0.25) is 0 Å². The van der Waals surface area contributed by atoms with E-state index in [0.717, 1.165) is 23.6 Å². The highest BCUT2D eigenvalue weighted by Gasteiger charge is 2.47. The summed E-state index contributed by atoms with van der Waals surface area (Å²) in [4.78, 5) is 40.9. The summed E-state index contributed by atoms with van der Waals surface area (Å²) in [6, 6.07) is 10.7. The molecule has 1 fully saturated rings. The maximum atomic E-state index is 15.3. The number of carbonyl (C=O) groups excluding carboxylic acids is 2. The van der Waals surface area contributed by atoms with E-state index in [1.807, 2.05) is 36.2 Å². The number of thioether (sulfide) groups is 1. The molecule has 0 aliphatic carbocycles. The van der Waals surface area contributed by atoms with E-state index in [4.69, 9.17) is 14.2 Å². The van der Waals surface area contributed by atoms with Crippen LogP contribution in [0, 0.1) is 11.6 Å². The molecule has 1 unspecified atom stereocenters. The molecule has 13 heteroatoms. The Morgan fingerprint density at radius 1 is 1.12 bits per heavy atom. The standard InChI is InChI=1S/C28H25F2N3O7S/c1-15-11-31-22(12-38-15)33(32-10-9-20(34)26(25(32)27(31)35)39-14-40-28(36)37-2)24-16-7-8-19(29)23(30)18(16)13-41-21-6-4-3-5-17(21)24/h3-10,15,22,24H,11-14H2,1-2H3/t15-,22?,24-/m0/s1. The lowest BCUT2D eigenvalue weighted by atomic mass is 9.93. The molecule has 41 heavy (non-hydrogen) atoms. The molecule has 2 aromatic carbocycles. The maximum Gasteiger partial charge on any atom is 0.510 e. The molecule has 0 spiro atoms. The van der Waals surface area contributed by atoms with Crippen LogP contribution in [0.25, 0.3) is 0 Å². The molecule has 1 saturated heterocycles. The Morgan fingerprint density at radius 3 is 2.73 bits per heavy atom. The van der Waals surface area contributed by atoms with Crippen molar-refractivity contribution in [3.05, 3.63) is 92.9 Å². The first-order chi connectivity index (χ1) is 19.8. The van der Waals surface area contributed by atoms with Crippen LogP contribution < -0.4 is 15.2 Å². The van der Waals surface area contributed by atoms with Gasteiger partial charge in [-0.3, -0.25) is 19.3 Å². The molecule has 1 aromatic heterocycles. The van der Waals surface area contributed by atoms with E-state index in [-0.39, 0.29) is 42.0 Å². The number of halogens is 2. The van der Waals surface area contributed by atoms with Crippen LogP contribution in [0.1, 0.15) is 40.1 Å². The SMILES string of the molecule is COC(=O)OCOc1c2n(ccc1=O)N([C@@H]1c3ccccc3SCc3c1ccc(F)c3F)C1CO[C@@H](C)CN1C2=O. The number of carbonyl (C=O) groups is 2. The first kappa shape index (κ1) is 27.1. The molecule has 10 nitrogen and oxygen atoms in total. The van der Waals surface area contributed by atoms with Gasteiger partial charge in [0.05, 0.1) is 25.9 Å². The van der Waals surface area contributed by atoms with Crippen molar-refractivity contribution in [2.45, 2.75) is 35.9 Å². The topological polar surface area (TPSA) is 99.5 Å². The molecule has 1 amide bonds. The maximum absolute atomic E-state index is 15.3. The molecule has 4 heterocycles. The lowest BCUT2D eigenvalue weighted by Crippen LogP contribution is -2.67. The van der Waals surface area contributed by atoms with Gasteiger partial charge in [0.1, 0.15) is 6.17 Å². The molecule has 0 radical (unpaired) electrons. The molecule has 3 atom stereocenters. The molecule has 0 saturated carbocycles. The smallest absolute Gasteiger partial charge is 0.451 e. The van der Waals surface area contributed by atoms with Crippen molar-refractivity contribution < 1.29 is 37.3 Å². The monoisotopic (exact) mass is 585 g/mol. The molecular weight excluding hydrogens is 560 g/mol. The number of nitrogens with zero attached hydrogens (tertiary/aromatic N) is 3. The van der Waals surface area contributed by atoms with Crippen molar-refractivity contribution in [3.63, 3.8) is 0 Å². The van der Waals surface area contributed by atoms with Crippen molar-refractivity contribution in [2.75, 3.05) is 32.1 Å². The fraction of sp³-hybridized carbons (Fsp3) is 0.321. The van der Waals surface area contributed by atoms with Gasteiger partial charge in [-0.2, -0.15) is 0 Å². The third-order valence-electron chi connectivity index (χ3n) is 7.32. The summed E-state index contributed by atoms with van der Waals surface area (Å²) in [5, 5.41) is 1.83. The van der Waals surface area contributed by atoms with Gasteiger partial charge in [0.15, 0.2) is 17.3 Å². The van der Waals surface area contributed by atoms with Crippen LogP contribution in [0.3, 0.4) is 0 Å². The second-order valence-corrected chi connectivity index (χ2v) is 10.7. The minimum atomic E-state index is -1.02. The lowest BCUT2D eigenvalue weighted by molar-refractivity contribution is -0.0580. The van der Waals surface area contributed by atoms with Crippen LogP contribution in [-0.4, -0.2) is 61.0 Å². The minimum absolute atomic E-state index is 0.102. The molecule has 3 aliphatic rings. The van der Waals surface area contributed by atoms with Crippen LogP contribution in [0.4, 0.5) is 13.6 Å². The molecule has 0 N–H and O–H groups in total. The Kier molecular flexibility index (Phi) is 7.08. The van der Waals surface area contributed by atoms with Crippen LogP contribution in [-0.2, 0) is 20.0 Å². The summed E-state index contributed by atoms with van der Waals surface area (Å²) in [6.07, 6.45) is -0.556. The highest BCUT2D eigenvalue weighted by molar-refractivity contribution is 7.98. The second kappa shape index (κ2) is 10.7. The molecular formula is C28H25F2N3O7S. The number of hydrogen-bond acceptors (Lipinski definition) is 9. The number of hydrogen-bond donors (Lipinski definition) is 0. The van der Waals surface area contributed by atoms with E-state index in [1.54, 1.807) is 11.0 Å². The van der Waals surface area contributed by atoms with Crippen LogP contribution in [0.15, 0.2) is 58.4 Å². The normalized spacial score (nSPS) is 21.2. The van der Waals surface area contributed by atoms with Gasteiger partial charge >= 0.3 is 6.16 Å². The Morgan fingerprint density at radius 2 is 1.93 bits per heavy atom. The predicted molar refractivity (Wildman–Crippen MR) is 142 cm³/mol. The molecule has 0 bridgehead atoms. The summed E-state index contributed by atoms with van der Waals surface area (Å²) in [7, 11) is 1.12. The number of methoxy groups -OCH3 is 1. The van der Waals surface area contributed by atoms with Gasteiger partial charge in [-0.1, -0.05) is 24.3 Å². The average molecular weight is 586 g/mol. The van der Waals surface area contributed by atoms with Crippen molar-refractivity contribution in [1.82, 2.24) is 9.58 Å². The van der Waals surface area contributed by atoms with E-state index < -0.39 is 48.1 Å². The summed E-state index contributed by atoms with van der Waals surface area (Å²) in [6.45, 7) is 1.47. The van der Waals surface area contributed by atoms with Crippen molar-refractivity contribution >= 4 is 23.8 Å². The Hall–Kier alpha value is -4.10. The molecule has 6 rings (SSSR count). The molecule has 3 aromatic rings. The van der Waals surface area contributed by atoms with E-state index in [0.29, 0.717) is 5.56 Å². The van der Waals surface area contributed by atoms with Crippen molar-refractivity contribution in [2.24, 2.45) is 0 Å². The Balaban J connectivity index is 1.58. The van der Waals surface area contributed by atoms with E-state index in [9.17, 15) is 18.8 Å². The Labute approximate surface area is 237 Å². The average Bonchev–Trinajstić information content (AvgIpc) is 3.14. The lowest BCUT2D eigenvalue weighted by Gasteiger charge is -2.52. The van der Waals surface area contributed by atoms with E-state index in [1.165, 1.54) is 28.7 Å². The zero-order valence-electron chi connectivity index (χ0n) is 22.0. The van der Waals surface area contributed by atoms with E-state index >= 15 is 4.39 Å². The number of rotatable bonds is 4. The summed E-state index contributed by atoms with van der Waals surface area (Å²) in [5.41, 5.74) is 0.806. The zero-order valence-corrected chi connectivity index (χ0v) is 22.9. The van der Waals surface area contributed by atoms with Gasteiger partial charge in [-0.05, 0) is 30.2 Å². The number of pyridine rings is 1. The minimum Gasteiger partial charge on any atom is -0.451 e. The fourth-order valence-corrected chi connectivity index (χ4v) is 6.60. The van der Waals surface area contributed by atoms with Gasteiger partial charge in [-0.15, -0.1) is 11.8 Å². The summed E-state index contributed by atoms with van der Waals surface area (Å²) in [5.74, 6) is -2.52. The number of benzene rings is 2. The third-order valence-corrected chi connectivity index (χ3v) is 8.44. The van der Waals surface area contributed by atoms with Crippen molar-refractivity contribution in [1.29, 1.82) is 0 Å². The van der Waals surface area contributed by atoms with Gasteiger partial charge in [0.25, 0.3) is 5.91 Å². The third kappa shape index (κ3) is 4.58. The van der Waals surface area contributed by atoms with Crippen LogP contribution in [0.5, 0.6) is 5.75 Å². The number of amides is 1. The van der Waals surface area contributed by atoms with Crippen LogP contribution >= 0.6 is 11.8 Å². The number of fused-ring (bicyclic) bond motifs is 4. The van der Waals surface area contributed by atoms with E-state index in [2.05, 4.69) is 4.74 Å². The quantitative estimate of drug-likeness (QED) is 0.335. The second-order valence-electron chi connectivity index (χ2n) is 9.68. The predicted octanol–water partition coefficient (Wildman–Crippen LogP) is 3.78. The summed E-state index contributed by atoms with van der Waals surface area (Å²) >= 11 is 1.39. The van der Waals surface area contributed by atoms with Gasteiger partial charge in [0.2, 0.25) is 18.0 Å². The van der Waals surface area contributed by atoms with Crippen molar-refractivity contribution in [3.8, 4) is 5.75 Å². The fourth-order valence-electron chi connectivity index (χ4n) is 5.49. The number of aromatic nitrogens is 1. The summed E-state index contributed by atoms with van der Waals surface area (Å²) < 4.78 is 52.1. The highest BCUT2D eigenvalue weighted by Crippen LogP contribution is 2.45. The molecule has 3 aliphatic heterocycles.